The van der Waals surface area contributed by atoms with Gasteiger partial charge in [0, 0.05) is 24.5 Å². The Balaban J connectivity index is 0.00000144. The summed E-state index contributed by atoms with van der Waals surface area (Å²) in [5, 5.41) is 2.63. The van der Waals surface area contributed by atoms with Gasteiger partial charge < -0.3 is 10.6 Å². The number of aromatic nitrogens is 1. The first-order valence-electron chi connectivity index (χ1n) is 5.59. The number of hydrogen-bond donors (Lipinski definition) is 1. The third-order valence-corrected chi connectivity index (χ3v) is 4.22. The van der Waals surface area contributed by atoms with Crippen molar-refractivity contribution in [1.29, 1.82) is 0 Å². The van der Waals surface area contributed by atoms with Crippen molar-refractivity contribution in [2.75, 3.05) is 6.54 Å². The maximum atomic E-state index is 12.2. The van der Waals surface area contributed by atoms with Crippen molar-refractivity contribution < 1.29 is 4.79 Å². The number of halogens is 1. The summed E-state index contributed by atoms with van der Waals surface area (Å²) >= 11 is 1.46. The van der Waals surface area contributed by atoms with Crippen molar-refractivity contribution in [3.05, 3.63) is 16.1 Å². The molecular formula is C11H18ClN3OS. The fraction of sp³-hybridized carbons (Fsp3) is 0.636. The van der Waals surface area contributed by atoms with Crippen LogP contribution in [-0.2, 0) is 6.54 Å². The largest absolute Gasteiger partial charge is 0.334 e. The van der Waals surface area contributed by atoms with Crippen LogP contribution >= 0.6 is 23.7 Å². The Bertz CT molecular complexity index is 396. The summed E-state index contributed by atoms with van der Waals surface area (Å²) in [4.78, 5) is 18.3. The maximum Gasteiger partial charge on any atom is 0.273 e. The molecule has 0 spiro atoms. The highest BCUT2D eigenvalue weighted by Crippen LogP contribution is 2.25. The SMILES string of the molecule is CC1CCN(C(=O)c2csc(CN)n2)C1C.Cl. The number of likely N-dealkylation sites (tertiary alicyclic amines) is 1. The summed E-state index contributed by atoms with van der Waals surface area (Å²) in [7, 11) is 0. The summed E-state index contributed by atoms with van der Waals surface area (Å²) in [6.07, 6.45) is 1.08. The van der Waals surface area contributed by atoms with E-state index in [9.17, 15) is 4.79 Å². The van der Waals surface area contributed by atoms with Crippen LogP contribution in [0.15, 0.2) is 5.38 Å². The van der Waals surface area contributed by atoms with E-state index in [4.69, 9.17) is 5.73 Å². The van der Waals surface area contributed by atoms with Gasteiger partial charge in [-0.3, -0.25) is 4.79 Å². The second kappa shape index (κ2) is 5.80. The molecule has 1 aromatic rings. The molecule has 2 unspecified atom stereocenters. The van der Waals surface area contributed by atoms with Crippen molar-refractivity contribution in [2.24, 2.45) is 11.7 Å². The minimum absolute atomic E-state index is 0. The molecule has 1 saturated heterocycles. The maximum absolute atomic E-state index is 12.2. The minimum Gasteiger partial charge on any atom is -0.334 e. The van der Waals surface area contributed by atoms with Crippen molar-refractivity contribution >= 4 is 29.7 Å². The number of thiazole rings is 1. The lowest BCUT2D eigenvalue weighted by Crippen LogP contribution is -2.35. The van der Waals surface area contributed by atoms with E-state index >= 15 is 0 Å². The van der Waals surface area contributed by atoms with E-state index in [1.807, 2.05) is 4.90 Å². The Morgan fingerprint density at radius 3 is 2.82 bits per heavy atom. The van der Waals surface area contributed by atoms with E-state index in [2.05, 4.69) is 18.8 Å². The van der Waals surface area contributed by atoms with Crippen LogP contribution in [-0.4, -0.2) is 28.4 Å². The summed E-state index contributed by atoms with van der Waals surface area (Å²) in [6.45, 7) is 5.54. The molecule has 4 nitrogen and oxygen atoms in total. The highest BCUT2D eigenvalue weighted by Gasteiger charge is 2.32. The number of nitrogens with zero attached hydrogens (tertiary/aromatic N) is 2. The molecule has 1 aromatic heterocycles. The molecule has 1 amide bonds. The smallest absolute Gasteiger partial charge is 0.273 e. The van der Waals surface area contributed by atoms with Crippen LogP contribution in [0.4, 0.5) is 0 Å². The Kier molecular flexibility index (Phi) is 4.91. The molecule has 0 saturated carbocycles. The molecule has 0 aliphatic carbocycles. The van der Waals surface area contributed by atoms with Crippen LogP contribution in [0, 0.1) is 5.92 Å². The van der Waals surface area contributed by atoms with E-state index in [-0.39, 0.29) is 18.3 Å². The third kappa shape index (κ3) is 2.78. The van der Waals surface area contributed by atoms with Crippen LogP contribution in [0.3, 0.4) is 0 Å². The van der Waals surface area contributed by atoms with E-state index in [1.54, 1.807) is 5.38 Å². The van der Waals surface area contributed by atoms with Gasteiger partial charge in [0.1, 0.15) is 10.7 Å². The van der Waals surface area contributed by atoms with Crippen LogP contribution < -0.4 is 5.73 Å². The lowest BCUT2D eigenvalue weighted by Gasteiger charge is -2.22. The van der Waals surface area contributed by atoms with Gasteiger partial charge in [0.15, 0.2) is 0 Å². The molecule has 0 aromatic carbocycles. The molecule has 2 heterocycles. The van der Waals surface area contributed by atoms with Crippen molar-refractivity contribution in [2.45, 2.75) is 32.9 Å². The van der Waals surface area contributed by atoms with E-state index in [0.29, 0.717) is 24.2 Å². The zero-order valence-electron chi connectivity index (χ0n) is 10.0. The lowest BCUT2D eigenvalue weighted by atomic mass is 10.1. The van der Waals surface area contributed by atoms with Crippen molar-refractivity contribution in [3.8, 4) is 0 Å². The van der Waals surface area contributed by atoms with E-state index in [0.717, 1.165) is 18.0 Å². The van der Waals surface area contributed by atoms with Crippen molar-refractivity contribution in [3.63, 3.8) is 0 Å². The van der Waals surface area contributed by atoms with Crippen molar-refractivity contribution in [1.82, 2.24) is 9.88 Å². The molecule has 17 heavy (non-hydrogen) atoms. The predicted molar refractivity (Wildman–Crippen MR) is 71.5 cm³/mol. The van der Waals surface area contributed by atoms with Gasteiger partial charge in [-0.25, -0.2) is 4.98 Å². The predicted octanol–water partition coefficient (Wildman–Crippen LogP) is 1.89. The zero-order valence-corrected chi connectivity index (χ0v) is 11.7. The molecule has 1 aliphatic rings. The topological polar surface area (TPSA) is 59.2 Å². The van der Waals surface area contributed by atoms with Gasteiger partial charge in [0.2, 0.25) is 0 Å². The van der Waals surface area contributed by atoms with Gasteiger partial charge in [-0.2, -0.15) is 0 Å². The summed E-state index contributed by atoms with van der Waals surface area (Å²) in [5.41, 5.74) is 6.04. The molecule has 0 radical (unpaired) electrons. The third-order valence-electron chi connectivity index (χ3n) is 3.35. The van der Waals surface area contributed by atoms with Crippen LogP contribution in [0.2, 0.25) is 0 Å². The van der Waals surface area contributed by atoms with Gasteiger partial charge in [0.05, 0.1) is 0 Å². The van der Waals surface area contributed by atoms with Gasteiger partial charge in [-0.15, -0.1) is 23.7 Å². The van der Waals surface area contributed by atoms with Crippen LogP contribution in [0.1, 0.15) is 35.8 Å². The fourth-order valence-corrected chi connectivity index (χ4v) is 2.68. The summed E-state index contributed by atoms with van der Waals surface area (Å²) < 4.78 is 0. The molecule has 1 aliphatic heterocycles. The fourth-order valence-electron chi connectivity index (χ4n) is 2.03. The highest BCUT2D eigenvalue weighted by molar-refractivity contribution is 7.09. The van der Waals surface area contributed by atoms with Gasteiger partial charge in [-0.1, -0.05) is 6.92 Å². The molecule has 2 atom stereocenters. The van der Waals surface area contributed by atoms with Crippen LogP contribution in [0.5, 0.6) is 0 Å². The second-order valence-electron chi connectivity index (χ2n) is 4.34. The zero-order chi connectivity index (χ0) is 11.7. The molecule has 1 fully saturated rings. The number of carbonyl (C=O) groups excluding carboxylic acids is 1. The average molecular weight is 276 g/mol. The lowest BCUT2D eigenvalue weighted by molar-refractivity contribution is 0.0729. The first kappa shape index (κ1) is 14.4. The van der Waals surface area contributed by atoms with Crippen LogP contribution in [0.25, 0.3) is 0 Å². The van der Waals surface area contributed by atoms with Gasteiger partial charge in [0.25, 0.3) is 5.91 Å². The number of rotatable bonds is 2. The first-order chi connectivity index (χ1) is 7.63. The number of nitrogens with two attached hydrogens (primary N) is 1. The number of hydrogen-bond acceptors (Lipinski definition) is 4. The average Bonchev–Trinajstić information content (AvgIpc) is 2.87. The second-order valence-corrected chi connectivity index (χ2v) is 5.28. The number of carbonyl (C=O) groups is 1. The summed E-state index contributed by atoms with van der Waals surface area (Å²) in [5.74, 6) is 0.629. The van der Waals surface area contributed by atoms with E-state index < -0.39 is 0 Å². The quantitative estimate of drug-likeness (QED) is 0.897. The Labute approximate surface area is 112 Å². The summed E-state index contributed by atoms with van der Waals surface area (Å²) in [6, 6.07) is 0.315. The highest BCUT2D eigenvalue weighted by atomic mass is 35.5. The number of amides is 1. The molecular weight excluding hydrogens is 258 g/mol. The minimum atomic E-state index is 0. The molecule has 0 bridgehead atoms. The molecule has 2 N–H and O–H groups in total. The van der Waals surface area contributed by atoms with Gasteiger partial charge >= 0.3 is 0 Å². The molecule has 6 heteroatoms. The van der Waals surface area contributed by atoms with E-state index in [1.165, 1.54) is 11.3 Å². The Hall–Kier alpha value is -0.650. The molecule has 2 rings (SSSR count). The Morgan fingerprint density at radius 1 is 1.65 bits per heavy atom. The normalized spacial score (nSPS) is 23.6. The Morgan fingerprint density at radius 2 is 2.35 bits per heavy atom. The first-order valence-corrected chi connectivity index (χ1v) is 6.47. The standard InChI is InChI=1S/C11H17N3OS.ClH/c1-7-3-4-14(8(7)2)11(15)9-6-16-10(5-12)13-9;/h6-8H,3-5,12H2,1-2H3;1H. The molecule has 96 valence electrons. The van der Waals surface area contributed by atoms with Gasteiger partial charge in [-0.05, 0) is 19.3 Å². The monoisotopic (exact) mass is 275 g/mol.